The van der Waals surface area contributed by atoms with E-state index in [9.17, 15) is 9.00 Å². The molecule has 146 valence electrons. The first-order chi connectivity index (χ1) is 12.4. The first kappa shape index (κ1) is 20.9. The van der Waals surface area contributed by atoms with E-state index in [1.54, 1.807) is 0 Å². The Labute approximate surface area is 160 Å². The maximum Gasteiger partial charge on any atom is 0.410 e. The first-order valence-corrected chi connectivity index (χ1v) is 10.6. The van der Waals surface area contributed by atoms with Crippen LogP contribution in [0.2, 0.25) is 0 Å². The summed E-state index contributed by atoms with van der Waals surface area (Å²) in [6, 6.07) is 9.99. The van der Waals surface area contributed by atoms with Crippen LogP contribution in [0.5, 0.6) is 0 Å². The summed E-state index contributed by atoms with van der Waals surface area (Å²) in [5.74, 6) is 0. The SMILES string of the molecule is CC(C)(C)[S@@](=O)NC1CCCCN(C(=O)OCc2ccccc2)CCC1. The molecule has 1 aromatic carbocycles. The second kappa shape index (κ2) is 10.1. The van der Waals surface area contributed by atoms with Crippen LogP contribution >= 0.6 is 0 Å². The lowest BCUT2D eigenvalue weighted by atomic mass is 10.1. The van der Waals surface area contributed by atoms with Gasteiger partial charge in [-0.25, -0.2) is 13.7 Å². The molecular formula is C20H32N2O3S. The van der Waals surface area contributed by atoms with Crippen molar-refractivity contribution in [3.63, 3.8) is 0 Å². The Morgan fingerprint density at radius 1 is 1.15 bits per heavy atom. The molecule has 2 atom stereocenters. The van der Waals surface area contributed by atoms with E-state index in [1.165, 1.54) is 0 Å². The number of rotatable bonds is 4. The molecule has 2 rings (SSSR count). The van der Waals surface area contributed by atoms with E-state index in [0.717, 1.165) is 44.2 Å². The second-order valence-electron chi connectivity index (χ2n) is 7.86. The predicted molar refractivity (Wildman–Crippen MR) is 106 cm³/mol. The lowest BCUT2D eigenvalue weighted by Crippen LogP contribution is -2.40. The number of hydrogen-bond donors (Lipinski definition) is 1. The van der Waals surface area contributed by atoms with Gasteiger partial charge in [0.2, 0.25) is 0 Å². The summed E-state index contributed by atoms with van der Waals surface area (Å²) in [4.78, 5) is 14.2. The molecular weight excluding hydrogens is 348 g/mol. The zero-order valence-corrected chi connectivity index (χ0v) is 17.0. The van der Waals surface area contributed by atoms with E-state index in [-0.39, 0.29) is 16.9 Å². The number of ether oxygens (including phenoxy) is 1. The van der Waals surface area contributed by atoms with E-state index in [2.05, 4.69) is 4.72 Å². The van der Waals surface area contributed by atoms with Crippen molar-refractivity contribution in [3.05, 3.63) is 35.9 Å². The van der Waals surface area contributed by atoms with E-state index in [0.29, 0.717) is 13.2 Å². The Kier molecular flexibility index (Phi) is 8.10. The number of benzene rings is 1. The quantitative estimate of drug-likeness (QED) is 0.858. The highest BCUT2D eigenvalue weighted by atomic mass is 32.2. The highest BCUT2D eigenvalue weighted by molar-refractivity contribution is 7.84. The summed E-state index contributed by atoms with van der Waals surface area (Å²) in [6.07, 6.45) is 4.53. The molecule has 6 heteroatoms. The smallest absolute Gasteiger partial charge is 0.410 e. The molecule has 0 radical (unpaired) electrons. The molecule has 26 heavy (non-hydrogen) atoms. The van der Waals surface area contributed by atoms with Gasteiger partial charge in [-0.1, -0.05) is 36.8 Å². The molecule has 1 aliphatic heterocycles. The summed E-state index contributed by atoms with van der Waals surface area (Å²) in [6.45, 7) is 7.67. The minimum atomic E-state index is -1.05. The van der Waals surface area contributed by atoms with Gasteiger partial charge in [-0.05, 0) is 52.0 Å². The van der Waals surface area contributed by atoms with Gasteiger partial charge < -0.3 is 9.64 Å². The molecule has 0 saturated carbocycles. The van der Waals surface area contributed by atoms with Crippen LogP contribution < -0.4 is 4.72 Å². The van der Waals surface area contributed by atoms with Crippen LogP contribution in [0.3, 0.4) is 0 Å². The number of carbonyl (C=O) groups excluding carboxylic acids is 1. The third kappa shape index (κ3) is 7.08. The van der Waals surface area contributed by atoms with Crippen molar-refractivity contribution in [1.82, 2.24) is 9.62 Å². The number of nitrogens with zero attached hydrogens (tertiary/aromatic N) is 1. The van der Waals surface area contributed by atoms with Gasteiger partial charge in [-0.3, -0.25) is 0 Å². The van der Waals surface area contributed by atoms with E-state index in [1.807, 2.05) is 56.0 Å². The molecule has 0 spiro atoms. The zero-order chi connectivity index (χ0) is 19.0. The van der Waals surface area contributed by atoms with Crippen LogP contribution in [0.15, 0.2) is 30.3 Å². The highest BCUT2D eigenvalue weighted by Crippen LogP contribution is 2.17. The monoisotopic (exact) mass is 380 g/mol. The number of nitrogens with one attached hydrogen (secondary N) is 1. The van der Waals surface area contributed by atoms with Gasteiger partial charge in [-0.2, -0.15) is 0 Å². The molecule has 1 aromatic rings. The number of carbonyl (C=O) groups is 1. The van der Waals surface area contributed by atoms with Crippen LogP contribution in [0.1, 0.15) is 58.4 Å². The van der Waals surface area contributed by atoms with Crippen LogP contribution in [-0.2, 0) is 22.3 Å². The molecule has 0 aliphatic carbocycles. The van der Waals surface area contributed by atoms with Gasteiger partial charge >= 0.3 is 6.09 Å². The Hall–Kier alpha value is -1.40. The van der Waals surface area contributed by atoms with E-state index >= 15 is 0 Å². The highest BCUT2D eigenvalue weighted by Gasteiger charge is 2.24. The zero-order valence-electron chi connectivity index (χ0n) is 16.2. The van der Waals surface area contributed by atoms with Gasteiger partial charge in [0.05, 0.1) is 15.7 Å². The first-order valence-electron chi connectivity index (χ1n) is 9.50. The Balaban J connectivity index is 1.81. The summed E-state index contributed by atoms with van der Waals surface area (Å²) < 4.78 is 20.8. The van der Waals surface area contributed by atoms with Crippen LogP contribution in [0, 0.1) is 0 Å². The molecule has 1 fully saturated rings. The maximum absolute atomic E-state index is 12.4. The molecule has 1 amide bonds. The van der Waals surface area contributed by atoms with Crippen molar-refractivity contribution in [2.45, 2.75) is 70.3 Å². The number of hydrogen-bond acceptors (Lipinski definition) is 3. The molecule has 0 aromatic heterocycles. The van der Waals surface area contributed by atoms with Crippen molar-refractivity contribution >= 4 is 17.1 Å². The second-order valence-corrected chi connectivity index (χ2v) is 9.86. The number of amides is 1. The minimum Gasteiger partial charge on any atom is -0.445 e. The molecule has 1 unspecified atom stereocenters. The Morgan fingerprint density at radius 2 is 1.81 bits per heavy atom. The fourth-order valence-corrected chi connectivity index (χ4v) is 3.81. The Morgan fingerprint density at radius 3 is 2.50 bits per heavy atom. The maximum atomic E-state index is 12.4. The fraction of sp³-hybridized carbons (Fsp3) is 0.650. The topological polar surface area (TPSA) is 58.6 Å². The van der Waals surface area contributed by atoms with Crippen molar-refractivity contribution < 1.29 is 13.7 Å². The molecule has 5 nitrogen and oxygen atoms in total. The van der Waals surface area contributed by atoms with Gasteiger partial charge in [0.1, 0.15) is 6.61 Å². The third-order valence-electron chi connectivity index (χ3n) is 4.50. The average molecular weight is 381 g/mol. The van der Waals surface area contributed by atoms with E-state index < -0.39 is 11.0 Å². The van der Waals surface area contributed by atoms with Crippen molar-refractivity contribution in [2.24, 2.45) is 0 Å². The molecule has 1 aliphatic rings. The van der Waals surface area contributed by atoms with Gasteiger partial charge in [0.25, 0.3) is 0 Å². The normalized spacial score (nSPS) is 20.6. The largest absolute Gasteiger partial charge is 0.445 e. The van der Waals surface area contributed by atoms with Crippen LogP contribution in [0.4, 0.5) is 4.79 Å². The summed E-state index contributed by atoms with van der Waals surface area (Å²) in [5, 5.41) is 0. The summed E-state index contributed by atoms with van der Waals surface area (Å²) in [5.41, 5.74) is 0.999. The van der Waals surface area contributed by atoms with Gasteiger partial charge in [0.15, 0.2) is 0 Å². The van der Waals surface area contributed by atoms with Gasteiger partial charge in [0, 0.05) is 19.1 Å². The van der Waals surface area contributed by atoms with Gasteiger partial charge in [-0.15, -0.1) is 0 Å². The molecule has 1 saturated heterocycles. The summed E-state index contributed by atoms with van der Waals surface area (Å²) in [7, 11) is -1.05. The Bertz CT molecular complexity index is 586. The standard InChI is InChI=1S/C20H32N2O3S/c1-20(2,3)26(24)21-18-12-7-8-14-22(15-9-13-18)19(23)25-16-17-10-5-4-6-11-17/h4-6,10-11,18,21H,7-9,12-16H2,1-3H3/t18?,26-/m1/s1. The van der Waals surface area contributed by atoms with Crippen molar-refractivity contribution in [3.8, 4) is 0 Å². The molecule has 1 N–H and O–H groups in total. The lowest BCUT2D eigenvalue weighted by molar-refractivity contribution is 0.0954. The average Bonchev–Trinajstić information content (AvgIpc) is 2.72. The van der Waals surface area contributed by atoms with Crippen LogP contribution in [0.25, 0.3) is 0 Å². The predicted octanol–water partition coefficient (Wildman–Crippen LogP) is 4.01. The third-order valence-corrected chi connectivity index (χ3v) is 6.16. The lowest BCUT2D eigenvalue weighted by Gasteiger charge is -2.24. The summed E-state index contributed by atoms with van der Waals surface area (Å²) >= 11 is 0. The van der Waals surface area contributed by atoms with Crippen LogP contribution in [-0.4, -0.2) is 39.1 Å². The van der Waals surface area contributed by atoms with E-state index in [4.69, 9.17) is 4.74 Å². The molecule has 0 bridgehead atoms. The minimum absolute atomic E-state index is 0.237. The van der Waals surface area contributed by atoms with Crippen molar-refractivity contribution in [2.75, 3.05) is 13.1 Å². The fourth-order valence-electron chi connectivity index (χ4n) is 2.92. The molecule has 1 heterocycles. The van der Waals surface area contributed by atoms with Crippen molar-refractivity contribution in [1.29, 1.82) is 0 Å².